The highest BCUT2D eigenvalue weighted by Crippen LogP contribution is 2.27. The molecule has 2 heterocycles. The monoisotopic (exact) mass is 281 g/mol. The van der Waals surface area contributed by atoms with Crippen molar-refractivity contribution < 1.29 is 14.7 Å². The molecule has 0 radical (unpaired) electrons. The maximum absolute atomic E-state index is 12.4. The highest BCUT2D eigenvalue weighted by molar-refractivity contribution is 7.14. The molecule has 19 heavy (non-hydrogen) atoms. The maximum Gasteiger partial charge on any atom is 0.326 e. The molecule has 1 aromatic heterocycles. The molecular weight excluding hydrogens is 262 g/mol. The van der Waals surface area contributed by atoms with Gasteiger partial charge in [-0.15, -0.1) is 11.3 Å². The van der Waals surface area contributed by atoms with Crippen LogP contribution in [0.2, 0.25) is 0 Å². The number of likely N-dealkylation sites (tertiary alicyclic amines) is 1. The van der Waals surface area contributed by atoms with Crippen LogP contribution in [0.1, 0.15) is 46.3 Å². The smallest absolute Gasteiger partial charge is 0.326 e. The van der Waals surface area contributed by atoms with Crippen LogP contribution in [0.15, 0.2) is 6.07 Å². The van der Waals surface area contributed by atoms with Gasteiger partial charge in [-0.05, 0) is 37.8 Å². The number of hydrogen-bond acceptors (Lipinski definition) is 3. The zero-order valence-electron chi connectivity index (χ0n) is 11.3. The molecule has 1 N–H and O–H groups in total. The minimum absolute atomic E-state index is 0.125. The molecule has 0 saturated carbocycles. The van der Waals surface area contributed by atoms with Crippen LogP contribution in [0.4, 0.5) is 0 Å². The number of hydrogen-bond donors (Lipinski definition) is 1. The summed E-state index contributed by atoms with van der Waals surface area (Å²) in [6.07, 6.45) is 3.35. The number of carboxylic acid groups (broad SMARTS) is 1. The lowest BCUT2D eigenvalue weighted by Gasteiger charge is -2.20. The van der Waals surface area contributed by atoms with Gasteiger partial charge in [0.05, 0.1) is 4.88 Å². The van der Waals surface area contributed by atoms with Crippen molar-refractivity contribution in [1.29, 1.82) is 0 Å². The summed E-state index contributed by atoms with van der Waals surface area (Å²) in [7, 11) is 0. The molecule has 4 nitrogen and oxygen atoms in total. The van der Waals surface area contributed by atoms with E-state index in [0.29, 0.717) is 17.8 Å². The van der Waals surface area contributed by atoms with E-state index < -0.39 is 12.0 Å². The SMILES string of the molecule is CCCc1cc(C(=O)N2CCCC2C(=O)O)sc1C. The second kappa shape index (κ2) is 5.74. The highest BCUT2D eigenvalue weighted by atomic mass is 32.1. The summed E-state index contributed by atoms with van der Waals surface area (Å²) >= 11 is 1.48. The van der Waals surface area contributed by atoms with Crippen molar-refractivity contribution in [2.45, 2.75) is 45.6 Å². The lowest BCUT2D eigenvalue weighted by Crippen LogP contribution is -2.40. The topological polar surface area (TPSA) is 57.6 Å². The van der Waals surface area contributed by atoms with Crippen LogP contribution in [0, 0.1) is 6.92 Å². The first-order valence-corrected chi connectivity index (χ1v) is 7.49. The number of carbonyl (C=O) groups excluding carboxylic acids is 1. The third-order valence-corrected chi connectivity index (χ3v) is 4.63. The van der Waals surface area contributed by atoms with E-state index in [4.69, 9.17) is 5.11 Å². The number of nitrogens with zero attached hydrogens (tertiary/aromatic N) is 1. The van der Waals surface area contributed by atoms with Crippen LogP contribution < -0.4 is 0 Å². The molecule has 1 fully saturated rings. The van der Waals surface area contributed by atoms with Gasteiger partial charge in [0.25, 0.3) is 5.91 Å². The van der Waals surface area contributed by atoms with Crippen LogP contribution in [0.25, 0.3) is 0 Å². The number of carboxylic acids is 1. The fraction of sp³-hybridized carbons (Fsp3) is 0.571. The molecule has 1 aromatic rings. The Balaban J connectivity index is 2.19. The van der Waals surface area contributed by atoms with Crippen LogP contribution in [0.3, 0.4) is 0 Å². The third kappa shape index (κ3) is 2.81. The van der Waals surface area contributed by atoms with Gasteiger partial charge in [-0.3, -0.25) is 4.79 Å². The van der Waals surface area contributed by atoms with E-state index >= 15 is 0 Å². The number of aryl methyl sites for hydroxylation is 2. The summed E-state index contributed by atoms with van der Waals surface area (Å²) < 4.78 is 0. The van der Waals surface area contributed by atoms with Crippen molar-refractivity contribution in [1.82, 2.24) is 4.90 Å². The Hall–Kier alpha value is -1.36. The van der Waals surface area contributed by atoms with Gasteiger partial charge in [0.2, 0.25) is 0 Å². The molecule has 1 saturated heterocycles. The summed E-state index contributed by atoms with van der Waals surface area (Å²) in [6.45, 7) is 4.68. The molecule has 1 amide bonds. The molecule has 104 valence electrons. The Morgan fingerprint density at radius 2 is 2.26 bits per heavy atom. The first kappa shape index (κ1) is 14.1. The predicted molar refractivity (Wildman–Crippen MR) is 74.7 cm³/mol. The lowest BCUT2D eigenvalue weighted by molar-refractivity contribution is -0.141. The molecule has 1 unspecified atom stereocenters. The normalized spacial score (nSPS) is 18.8. The van der Waals surface area contributed by atoms with Crippen molar-refractivity contribution in [3.8, 4) is 0 Å². The van der Waals surface area contributed by atoms with Crippen LogP contribution in [0.5, 0.6) is 0 Å². The highest BCUT2D eigenvalue weighted by Gasteiger charge is 2.35. The van der Waals surface area contributed by atoms with E-state index in [9.17, 15) is 9.59 Å². The summed E-state index contributed by atoms with van der Waals surface area (Å²) in [5, 5.41) is 9.13. The Morgan fingerprint density at radius 1 is 1.53 bits per heavy atom. The number of amides is 1. The van der Waals surface area contributed by atoms with Crippen molar-refractivity contribution in [3.05, 3.63) is 21.4 Å². The first-order valence-electron chi connectivity index (χ1n) is 6.67. The second-order valence-corrected chi connectivity index (χ2v) is 6.19. The molecule has 1 aliphatic heterocycles. The molecule has 0 spiro atoms. The first-order chi connectivity index (χ1) is 9.04. The predicted octanol–water partition coefficient (Wildman–Crippen LogP) is 2.70. The summed E-state index contributed by atoms with van der Waals surface area (Å²) in [5.74, 6) is -1.02. The average Bonchev–Trinajstić information content (AvgIpc) is 2.96. The van der Waals surface area contributed by atoms with E-state index in [1.807, 2.05) is 13.0 Å². The molecule has 0 aromatic carbocycles. The van der Waals surface area contributed by atoms with Crippen molar-refractivity contribution in [2.24, 2.45) is 0 Å². The molecule has 2 rings (SSSR count). The molecule has 0 aliphatic carbocycles. The second-order valence-electron chi connectivity index (χ2n) is 4.94. The summed E-state index contributed by atoms with van der Waals surface area (Å²) in [4.78, 5) is 26.9. The van der Waals surface area contributed by atoms with E-state index in [1.165, 1.54) is 21.8 Å². The van der Waals surface area contributed by atoms with Gasteiger partial charge in [0, 0.05) is 11.4 Å². The molecular formula is C14H19NO3S. The van der Waals surface area contributed by atoms with Crippen LogP contribution in [-0.4, -0.2) is 34.5 Å². The maximum atomic E-state index is 12.4. The fourth-order valence-corrected chi connectivity index (χ4v) is 3.58. The van der Waals surface area contributed by atoms with E-state index in [-0.39, 0.29) is 5.91 Å². The van der Waals surface area contributed by atoms with Gasteiger partial charge in [-0.2, -0.15) is 0 Å². The summed E-state index contributed by atoms with van der Waals surface area (Å²) in [5.41, 5.74) is 1.21. The zero-order valence-corrected chi connectivity index (χ0v) is 12.1. The van der Waals surface area contributed by atoms with Gasteiger partial charge in [-0.1, -0.05) is 13.3 Å². The van der Waals surface area contributed by atoms with Crippen molar-refractivity contribution in [3.63, 3.8) is 0 Å². The minimum Gasteiger partial charge on any atom is -0.480 e. The Labute approximate surface area is 117 Å². The van der Waals surface area contributed by atoms with E-state index in [1.54, 1.807) is 0 Å². The quantitative estimate of drug-likeness (QED) is 0.923. The number of aliphatic carboxylic acids is 1. The van der Waals surface area contributed by atoms with Crippen molar-refractivity contribution in [2.75, 3.05) is 6.54 Å². The number of rotatable bonds is 4. The molecule has 1 atom stereocenters. The van der Waals surface area contributed by atoms with E-state index in [2.05, 4.69) is 6.92 Å². The van der Waals surface area contributed by atoms with Crippen molar-refractivity contribution >= 4 is 23.2 Å². The number of thiophene rings is 1. The van der Waals surface area contributed by atoms with Gasteiger partial charge in [0.15, 0.2) is 0 Å². The Kier molecular flexibility index (Phi) is 4.24. The molecule has 5 heteroatoms. The third-order valence-electron chi connectivity index (χ3n) is 3.55. The number of carbonyl (C=O) groups is 2. The Morgan fingerprint density at radius 3 is 2.89 bits per heavy atom. The lowest BCUT2D eigenvalue weighted by atomic mass is 10.1. The molecule has 0 bridgehead atoms. The Bertz CT molecular complexity index is 495. The fourth-order valence-electron chi connectivity index (χ4n) is 2.55. The van der Waals surface area contributed by atoms with Crippen LogP contribution in [-0.2, 0) is 11.2 Å². The minimum atomic E-state index is -0.895. The average molecular weight is 281 g/mol. The van der Waals surface area contributed by atoms with Crippen LogP contribution >= 0.6 is 11.3 Å². The van der Waals surface area contributed by atoms with Gasteiger partial charge < -0.3 is 10.0 Å². The van der Waals surface area contributed by atoms with Gasteiger partial charge in [0.1, 0.15) is 6.04 Å². The summed E-state index contributed by atoms with van der Waals surface area (Å²) in [6, 6.07) is 1.29. The van der Waals surface area contributed by atoms with Gasteiger partial charge in [-0.25, -0.2) is 4.79 Å². The van der Waals surface area contributed by atoms with Gasteiger partial charge >= 0.3 is 5.97 Å². The van der Waals surface area contributed by atoms with E-state index in [0.717, 1.165) is 24.1 Å². The zero-order chi connectivity index (χ0) is 14.0. The molecule has 1 aliphatic rings. The largest absolute Gasteiger partial charge is 0.480 e. The standard InChI is InChI=1S/C14H19NO3S/c1-3-5-10-8-12(19-9(10)2)13(16)15-7-4-6-11(15)14(17)18/h8,11H,3-7H2,1-2H3,(H,17,18).